The van der Waals surface area contributed by atoms with Crippen molar-refractivity contribution in [3.8, 4) is 0 Å². The fourth-order valence-electron chi connectivity index (χ4n) is 3.81. The van der Waals surface area contributed by atoms with Crippen molar-refractivity contribution < 1.29 is 23.5 Å². The largest absolute Gasteiger partial charge is 0.468 e. The SMILES string of the molecule is COC(=O)C(c1ccccc1Cl)N1CCN(C(=O)C(NC(=O)c2ccco2)C(C)C)CC1. The molecule has 0 saturated carbocycles. The van der Waals surface area contributed by atoms with Gasteiger partial charge in [0.05, 0.1) is 13.4 Å². The summed E-state index contributed by atoms with van der Waals surface area (Å²) in [6, 6.07) is 9.02. The highest BCUT2D eigenvalue weighted by Gasteiger charge is 2.36. The molecule has 0 spiro atoms. The molecule has 32 heavy (non-hydrogen) atoms. The van der Waals surface area contributed by atoms with Crippen molar-refractivity contribution in [2.24, 2.45) is 5.92 Å². The predicted molar refractivity (Wildman–Crippen MR) is 119 cm³/mol. The van der Waals surface area contributed by atoms with Crippen molar-refractivity contribution in [1.29, 1.82) is 0 Å². The third-order valence-electron chi connectivity index (χ3n) is 5.58. The van der Waals surface area contributed by atoms with E-state index in [4.69, 9.17) is 20.8 Å². The maximum Gasteiger partial charge on any atom is 0.327 e. The Hall–Kier alpha value is -2.84. The molecule has 2 amide bonds. The molecule has 1 aromatic carbocycles. The van der Waals surface area contributed by atoms with E-state index >= 15 is 0 Å². The van der Waals surface area contributed by atoms with Gasteiger partial charge < -0.3 is 19.4 Å². The van der Waals surface area contributed by atoms with Crippen LogP contribution in [0.25, 0.3) is 0 Å². The molecule has 2 atom stereocenters. The summed E-state index contributed by atoms with van der Waals surface area (Å²) in [5, 5.41) is 3.27. The van der Waals surface area contributed by atoms with Crippen LogP contribution in [0.3, 0.4) is 0 Å². The van der Waals surface area contributed by atoms with Gasteiger partial charge in [0.15, 0.2) is 5.76 Å². The van der Waals surface area contributed by atoms with Crippen LogP contribution in [-0.2, 0) is 14.3 Å². The highest BCUT2D eigenvalue weighted by molar-refractivity contribution is 6.31. The molecule has 1 aliphatic rings. The molecule has 1 N–H and O–H groups in total. The minimum Gasteiger partial charge on any atom is -0.468 e. The van der Waals surface area contributed by atoms with Crippen LogP contribution in [-0.4, -0.2) is 66.9 Å². The number of nitrogens with zero attached hydrogens (tertiary/aromatic N) is 2. The molecule has 1 aliphatic heterocycles. The molecule has 1 fully saturated rings. The molecular weight excluding hydrogens is 434 g/mol. The normalized spacial score (nSPS) is 16.5. The molecule has 2 unspecified atom stereocenters. The van der Waals surface area contributed by atoms with Gasteiger partial charge in [-0.05, 0) is 29.7 Å². The van der Waals surface area contributed by atoms with Crippen LogP contribution in [0, 0.1) is 5.92 Å². The molecule has 172 valence electrons. The number of carbonyl (C=O) groups is 3. The number of hydrogen-bond donors (Lipinski definition) is 1. The fraction of sp³-hybridized carbons (Fsp3) is 0.435. The Kier molecular flexibility index (Phi) is 7.93. The number of furan rings is 1. The summed E-state index contributed by atoms with van der Waals surface area (Å²) in [7, 11) is 1.35. The van der Waals surface area contributed by atoms with Gasteiger partial charge in [0, 0.05) is 31.2 Å². The van der Waals surface area contributed by atoms with Crippen molar-refractivity contribution in [2.75, 3.05) is 33.3 Å². The third kappa shape index (κ3) is 5.31. The molecule has 1 aromatic heterocycles. The van der Waals surface area contributed by atoms with Crippen molar-refractivity contribution in [2.45, 2.75) is 25.9 Å². The number of nitrogens with one attached hydrogen (secondary N) is 1. The lowest BCUT2D eigenvalue weighted by Gasteiger charge is -2.40. The van der Waals surface area contributed by atoms with Crippen molar-refractivity contribution in [1.82, 2.24) is 15.1 Å². The summed E-state index contributed by atoms with van der Waals surface area (Å²) in [5.74, 6) is -0.931. The van der Waals surface area contributed by atoms with Crippen molar-refractivity contribution in [3.63, 3.8) is 0 Å². The van der Waals surface area contributed by atoms with Crippen LogP contribution in [0.1, 0.15) is 36.0 Å². The molecule has 0 bridgehead atoms. The van der Waals surface area contributed by atoms with Crippen LogP contribution >= 0.6 is 11.6 Å². The van der Waals surface area contributed by atoms with Gasteiger partial charge in [-0.15, -0.1) is 0 Å². The average molecular weight is 462 g/mol. The van der Waals surface area contributed by atoms with Gasteiger partial charge in [0.1, 0.15) is 12.1 Å². The van der Waals surface area contributed by atoms with Crippen LogP contribution in [0.2, 0.25) is 5.02 Å². The van der Waals surface area contributed by atoms with Gasteiger partial charge in [0.2, 0.25) is 5.91 Å². The highest BCUT2D eigenvalue weighted by Crippen LogP contribution is 2.29. The monoisotopic (exact) mass is 461 g/mol. The first kappa shape index (κ1) is 23.8. The zero-order valence-corrected chi connectivity index (χ0v) is 19.2. The lowest BCUT2D eigenvalue weighted by atomic mass is 10.0. The molecule has 9 heteroatoms. The van der Waals surface area contributed by atoms with Crippen molar-refractivity contribution >= 4 is 29.4 Å². The summed E-state index contributed by atoms with van der Waals surface area (Å²) in [4.78, 5) is 41.8. The Morgan fingerprint density at radius 1 is 1.06 bits per heavy atom. The minimum absolute atomic E-state index is 0.106. The van der Waals surface area contributed by atoms with E-state index in [1.807, 2.05) is 24.8 Å². The number of hydrogen-bond acceptors (Lipinski definition) is 6. The Morgan fingerprint density at radius 3 is 2.31 bits per heavy atom. The number of ether oxygens (including phenoxy) is 1. The molecule has 8 nitrogen and oxygen atoms in total. The Bertz CT molecular complexity index is 939. The first-order chi connectivity index (χ1) is 15.3. The van der Waals surface area contributed by atoms with Crippen LogP contribution in [0.15, 0.2) is 47.1 Å². The Balaban J connectivity index is 1.68. The second-order valence-corrected chi connectivity index (χ2v) is 8.39. The maximum atomic E-state index is 13.2. The Morgan fingerprint density at radius 2 is 1.75 bits per heavy atom. The molecule has 3 rings (SSSR count). The molecule has 2 heterocycles. The quantitative estimate of drug-likeness (QED) is 0.637. The molecule has 2 aromatic rings. The van der Waals surface area contributed by atoms with Gasteiger partial charge in [-0.2, -0.15) is 0 Å². The smallest absolute Gasteiger partial charge is 0.327 e. The lowest BCUT2D eigenvalue weighted by Crippen LogP contribution is -2.57. The van der Waals surface area contributed by atoms with E-state index in [1.54, 1.807) is 35.2 Å². The zero-order chi connectivity index (χ0) is 23.3. The first-order valence-electron chi connectivity index (χ1n) is 10.5. The minimum atomic E-state index is -0.681. The van der Waals surface area contributed by atoms with Gasteiger partial charge >= 0.3 is 5.97 Å². The van der Waals surface area contributed by atoms with E-state index in [2.05, 4.69) is 5.32 Å². The van der Waals surface area contributed by atoms with Gasteiger partial charge in [0.25, 0.3) is 5.91 Å². The summed E-state index contributed by atoms with van der Waals surface area (Å²) in [6.45, 7) is 5.52. The average Bonchev–Trinajstić information content (AvgIpc) is 3.33. The van der Waals surface area contributed by atoms with Crippen LogP contribution in [0.4, 0.5) is 0 Å². The van der Waals surface area contributed by atoms with Gasteiger partial charge in [-0.1, -0.05) is 43.6 Å². The standard InChI is InChI=1S/C23H28ClN3O5/c1-15(2)19(25-21(28)18-9-6-14-32-18)22(29)27-12-10-26(11-13-27)20(23(30)31-3)16-7-4-5-8-17(16)24/h4-9,14-15,19-20H,10-13H2,1-3H3,(H,25,28). The zero-order valence-electron chi connectivity index (χ0n) is 18.4. The van der Waals surface area contributed by atoms with E-state index in [0.717, 1.165) is 0 Å². The molecule has 0 aliphatic carbocycles. The predicted octanol–water partition coefficient (Wildman–Crippen LogP) is 2.75. The van der Waals surface area contributed by atoms with E-state index < -0.39 is 24.0 Å². The molecule has 0 radical (unpaired) electrons. The van der Waals surface area contributed by atoms with Gasteiger partial charge in [-0.3, -0.25) is 14.5 Å². The van der Waals surface area contributed by atoms with E-state index in [0.29, 0.717) is 36.8 Å². The summed E-state index contributed by atoms with van der Waals surface area (Å²) in [5.41, 5.74) is 0.673. The maximum absolute atomic E-state index is 13.2. The summed E-state index contributed by atoms with van der Waals surface area (Å²) in [6.07, 6.45) is 1.41. The number of halogens is 1. The number of rotatable bonds is 7. The summed E-state index contributed by atoms with van der Waals surface area (Å²) >= 11 is 6.34. The number of carbonyl (C=O) groups excluding carboxylic acids is 3. The second-order valence-electron chi connectivity index (χ2n) is 7.98. The van der Waals surface area contributed by atoms with E-state index in [9.17, 15) is 14.4 Å². The van der Waals surface area contributed by atoms with Crippen LogP contribution < -0.4 is 5.32 Å². The Labute approximate surface area is 192 Å². The third-order valence-corrected chi connectivity index (χ3v) is 5.92. The van der Waals surface area contributed by atoms with Crippen molar-refractivity contribution in [3.05, 3.63) is 59.0 Å². The first-order valence-corrected chi connectivity index (χ1v) is 10.9. The van der Waals surface area contributed by atoms with E-state index in [1.165, 1.54) is 13.4 Å². The number of methoxy groups -OCH3 is 1. The molecule has 1 saturated heterocycles. The van der Waals surface area contributed by atoms with Crippen LogP contribution in [0.5, 0.6) is 0 Å². The van der Waals surface area contributed by atoms with Gasteiger partial charge in [-0.25, -0.2) is 4.79 Å². The number of amides is 2. The second kappa shape index (κ2) is 10.7. The topological polar surface area (TPSA) is 92.1 Å². The number of piperazine rings is 1. The number of benzene rings is 1. The highest BCUT2D eigenvalue weighted by atomic mass is 35.5. The summed E-state index contributed by atoms with van der Waals surface area (Å²) < 4.78 is 10.2. The number of esters is 1. The molecular formula is C23H28ClN3O5. The lowest BCUT2D eigenvalue weighted by molar-refractivity contribution is -0.149. The fourth-order valence-corrected chi connectivity index (χ4v) is 4.05. The van der Waals surface area contributed by atoms with E-state index in [-0.39, 0.29) is 17.6 Å².